The van der Waals surface area contributed by atoms with Crippen molar-refractivity contribution in [1.29, 1.82) is 0 Å². The normalized spacial score (nSPS) is 13.5. The largest absolute Gasteiger partial charge is 0.236 e. The fourth-order valence-corrected chi connectivity index (χ4v) is 1.84. The van der Waals surface area contributed by atoms with E-state index in [4.69, 9.17) is 0 Å². The van der Waals surface area contributed by atoms with Gasteiger partial charge in [-0.15, -0.1) is 0 Å². The zero-order chi connectivity index (χ0) is 11.6. The predicted molar refractivity (Wildman–Crippen MR) is 60.7 cm³/mol. The minimum absolute atomic E-state index is 0.676. The van der Waals surface area contributed by atoms with E-state index in [2.05, 4.69) is 18.9 Å². The highest BCUT2D eigenvalue weighted by Gasteiger charge is 2.14. The molecule has 0 aliphatic heterocycles. The Morgan fingerprint density at radius 1 is 1.27 bits per heavy atom. The van der Waals surface area contributed by atoms with Crippen molar-refractivity contribution in [2.24, 2.45) is 5.92 Å². The maximum atomic E-state index is 13.2. The van der Waals surface area contributed by atoms with E-state index in [-0.39, 0.29) is 0 Å². The molecule has 1 unspecified atom stereocenters. The van der Waals surface area contributed by atoms with Crippen LogP contribution in [0.5, 0.6) is 0 Å². The van der Waals surface area contributed by atoms with Crippen molar-refractivity contribution in [3.63, 3.8) is 0 Å². The standard InChI is InChI=1S/C12H21FN2/c1-8(2)6-7-12-9(3)14-15(10(12)4)11(5)13/h8,11H,6-7H2,1-5H3. The molecule has 1 atom stereocenters. The van der Waals surface area contributed by atoms with Crippen LogP contribution >= 0.6 is 0 Å². The van der Waals surface area contributed by atoms with Crippen LogP contribution in [-0.4, -0.2) is 9.78 Å². The molecule has 0 N–H and O–H groups in total. The van der Waals surface area contributed by atoms with Crippen LogP contribution in [-0.2, 0) is 6.42 Å². The Hall–Kier alpha value is -0.860. The molecule has 0 radical (unpaired) electrons. The Kier molecular flexibility index (Phi) is 3.89. The summed E-state index contributed by atoms with van der Waals surface area (Å²) in [5.41, 5.74) is 3.16. The second-order valence-corrected chi connectivity index (χ2v) is 4.60. The van der Waals surface area contributed by atoms with Crippen molar-refractivity contribution in [3.05, 3.63) is 17.0 Å². The van der Waals surface area contributed by atoms with Crippen molar-refractivity contribution in [2.45, 2.75) is 53.8 Å². The fourth-order valence-electron chi connectivity index (χ4n) is 1.84. The lowest BCUT2D eigenvalue weighted by molar-refractivity contribution is 0.240. The van der Waals surface area contributed by atoms with Gasteiger partial charge in [0.1, 0.15) is 0 Å². The molecule has 1 aromatic heterocycles. The van der Waals surface area contributed by atoms with Crippen LogP contribution in [0.2, 0.25) is 0 Å². The lowest BCUT2D eigenvalue weighted by Crippen LogP contribution is -2.04. The van der Waals surface area contributed by atoms with Gasteiger partial charge in [-0.1, -0.05) is 13.8 Å². The molecule has 0 saturated carbocycles. The monoisotopic (exact) mass is 212 g/mol. The van der Waals surface area contributed by atoms with Crippen LogP contribution in [0.15, 0.2) is 0 Å². The lowest BCUT2D eigenvalue weighted by Gasteiger charge is -2.07. The van der Waals surface area contributed by atoms with Gasteiger partial charge >= 0.3 is 0 Å². The number of hydrogen-bond acceptors (Lipinski definition) is 1. The molecule has 0 spiro atoms. The quantitative estimate of drug-likeness (QED) is 0.746. The van der Waals surface area contributed by atoms with E-state index in [0.29, 0.717) is 5.92 Å². The summed E-state index contributed by atoms with van der Waals surface area (Å²) in [5.74, 6) is 0.676. The maximum Gasteiger partial charge on any atom is 0.189 e. The molecule has 0 aromatic carbocycles. The van der Waals surface area contributed by atoms with Gasteiger partial charge in [-0.05, 0) is 45.1 Å². The third-order valence-electron chi connectivity index (χ3n) is 2.78. The molecular weight excluding hydrogens is 191 g/mol. The second-order valence-electron chi connectivity index (χ2n) is 4.60. The molecule has 0 fully saturated rings. The topological polar surface area (TPSA) is 17.8 Å². The lowest BCUT2D eigenvalue weighted by atomic mass is 10.0. The number of nitrogens with zero attached hydrogens (tertiary/aromatic N) is 2. The van der Waals surface area contributed by atoms with Crippen LogP contribution in [0.25, 0.3) is 0 Å². The molecule has 0 amide bonds. The highest BCUT2D eigenvalue weighted by Crippen LogP contribution is 2.20. The van der Waals surface area contributed by atoms with Gasteiger partial charge in [-0.3, -0.25) is 0 Å². The number of hydrogen-bond donors (Lipinski definition) is 0. The number of aryl methyl sites for hydroxylation is 1. The van der Waals surface area contributed by atoms with Gasteiger partial charge in [0.2, 0.25) is 0 Å². The Bertz CT molecular complexity index is 327. The van der Waals surface area contributed by atoms with Gasteiger partial charge < -0.3 is 0 Å². The van der Waals surface area contributed by atoms with Crippen molar-refractivity contribution in [2.75, 3.05) is 0 Å². The summed E-state index contributed by atoms with van der Waals surface area (Å²) in [6.45, 7) is 9.83. The Morgan fingerprint density at radius 2 is 1.87 bits per heavy atom. The molecular formula is C12H21FN2. The van der Waals surface area contributed by atoms with Crippen LogP contribution in [0.4, 0.5) is 4.39 Å². The smallest absolute Gasteiger partial charge is 0.189 e. The highest BCUT2D eigenvalue weighted by molar-refractivity contribution is 5.24. The first-order valence-corrected chi connectivity index (χ1v) is 5.62. The van der Waals surface area contributed by atoms with Crippen LogP contribution in [0.3, 0.4) is 0 Å². The second kappa shape index (κ2) is 4.77. The molecule has 0 saturated heterocycles. The van der Waals surface area contributed by atoms with Crippen LogP contribution < -0.4 is 0 Å². The fraction of sp³-hybridized carbons (Fsp3) is 0.750. The molecule has 1 aromatic rings. The summed E-state index contributed by atoms with van der Waals surface area (Å²) in [5, 5.41) is 4.23. The average molecular weight is 212 g/mol. The molecule has 0 aliphatic rings. The summed E-state index contributed by atoms with van der Waals surface area (Å²) in [6.07, 6.45) is 1.10. The maximum absolute atomic E-state index is 13.2. The van der Waals surface area contributed by atoms with Gasteiger partial charge in [-0.2, -0.15) is 5.10 Å². The van der Waals surface area contributed by atoms with Gasteiger partial charge in [0.25, 0.3) is 0 Å². The first-order chi connectivity index (χ1) is 6.93. The van der Waals surface area contributed by atoms with E-state index in [1.54, 1.807) is 0 Å². The molecule has 86 valence electrons. The summed E-state index contributed by atoms with van der Waals surface area (Å²) in [4.78, 5) is 0. The SMILES string of the molecule is Cc1nn(C(C)F)c(C)c1CCC(C)C. The number of rotatable bonds is 4. The summed E-state index contributed by atoms with van der Waals surface area (Å²) < 4.78 is 14.7. The third kappa shape index (κ3) is 2.80. The van der Waals surface area contributed by atoms with E-state index >= 15 is 0 Å². The molecule has 0 bridgehead atoms. The molecule has 15 heavy (non-hydrogen) atoms. The van der Waals surface area contributed by atoms with E-state index in [9.17, 15) is 4.39 Å². The van der Waals surface area contributed by atoms with Crippen molar-refractivity contribution >= 4 is 0 Å². The van der Waals surface area contributed by atoms with Crippen molar-refractivity contribution in [1.82, 2.24) is 9.78 Å². The van der Waals surface area contributed by atoms with E-state index in [1.807, 2.05) is 13.8 Å². The van der Waals surface area contributed by atoms with Crippen molar-refractivity contribution in [3.8, 4) is 0 Å². The number of halogens is 1. The van der Waals surface area contributed by atoms with E-state index in [0.717, 1.165) is 24.2 Å². The first-order valence-electron chi connectivity index (χ1n) is 5.62. The number of alkyl halides is 1. The van der Waals surface area contributed by atoms with E-state index in [1.165, 1.54) is 17.2 Å². The first kappa shape index (κ1) is 12.2. The molecule has 1 rings (SSSR count). The summed E-state index contributed by atoms with van der Waals surface area (Å²) in [6, 6.07) is 0. The van der Waals surface area contributed by atoms with Gasteiger partial charge in [0.05, 0.1) is 5.69 Å². The Morgan fingerprint density at radius 3 is 2.27 bits per heavy atom. The molecule has 3 heteroatoms. The minimum Gasteiger partial charge on any atom is -0.236 e. The summed E-state index contributed by atoms with van der Waals surface area (Å²) in [7, 11) is 0. The van der Waals surface area contributed by atoms with Crippen molar-refractivity contribution < 1.29 is 4.39 Å². The van der Waals surface area contributed by atoms with E-state index < -0.39 is 6.30 Å². The zero-order valence-electron chi connectivity index (χ0n) is 10.3. The molecule has 2 nitrogen and oxygen atoms in total. The Labute approximate surface area is 91.5 Å². The van der Waals surface area contributed by atoms with Gasteiger partial charge in [0.15, 0.2) is 6.30 Å². The zero-order valence-corrected chi connectivity index (χ0v) is 10.3. The van der Waals surface area contributed by atoms with Crippen LogP contribution in [0.1, 0.15) is 50.4 Å². The highest BCUT2D eigenvalue weighted by atomic mass is 19.1. The molecule has 1 heterocycles. The third-order valence-corrected chi connectivity index (χ3v) is 2.78. The Balaban J connectivity index is 2.88. The minimum atomic E-state index is -1.03. The molecule has 0 aliphatic carbocycles. The van der Waals surface area contributed by atoms with Gasteiger partial charge in [0, 0.05) is 5.69 Å². The predicted octanol–water partition coefficient (Wildman–Crippen LogP) is 3.58. The van der Waals surface area contributed by atoms with Gasteiger partial charge in [-0.25, -0.2) is 9.07 Å². The summed E-state index contributed by atoms with van der Waals surface area (Å²) >= 11 is 0. The number of aromatic nitrogens is 2. The van der Waals surface area contributed by atoms with Crippen LogP contribution in [0, 0.1) is 19.8 Å². The average Bonchev–Trinajstić information content (AvgIpc) is 2.39.